The molecule has 2 aliphatic rings. The molecule has 7 nitrogen and oxygen atoms in total. The van der Waals surface area contributed by atoms with Crippen molar-refractivity contribution in [1.82, 2.24) is 9.29 Å². The predicted octanol–water partition coefficient (Wildman–Crippen LogP) is 2.71. The third kappa shape index (κ3) is 2.98. The van der Waals surface area contributed by atoms with Crippen molar-refractivity contribution in [3.8, 4) is 5.88 Å². The molecule has 0 radical (unpaired) electrons. The minimum atomic E-state index is -3.56. The van der Waals surface area contributed by atoms with E-state index in [0.717, 1.165) is 25.9 Å². The molecule has 0 spiro atoms. The number of fused-ring (bicyclic) bond motifs is 1. The molecule has 0 saturated heterocycles. The topological polar surface area (TPSA) is 97.9 Å². The number of rotatable bonds is 3. The number of guanidine groups is 1. The zero-order valence-electron chi connectivity index (χ0n) is 15.6. The minimum absolute atomic E-state index is 0.0388. The van der Waals surface area contributed by atoms with Gasteiger partial charge in [0.1, 0.15) is 5.54 Å². The van der Waals surface area contributed by atoms with Crippen molar-refractivity contribution in [3.05, 3.63) is 44.2 Å². The zero-order valence-corrected chi connectivity index (χ0v) is 18.0. The number of nitrogens with zero attached hydrogens (tertiary/aromatic N) is 3. The van der Waals surface area contributed by atoms with Crippen LogP contribution in [-0.2, 0) is 22.0 Å². The van der Waals surface area contributed by atoms with E-state index in [1.807, 2.05) is 12.1 Å². The molecule has 10 heteroatoms. The number of hydrogen-bond donors (Lipinski definition) is 1. The average Bonchev–Trinajstić information content (AvgIpc) is 3.22. The molecular formula is C18H19ClN4O3S2. The summed E-state index contributed by atoms with van der Waals surface area (Å²) < 4.78 is 31.3. The molecular weight excluding hydrogens is 420 g/mol. The molecule has 1 atom stereocenters. The predicted molar refractivity (Wildman–Crippen MR) is 112 cm³/mol. The maximum atomic E-state index is 12.5. The highest BCUT2D eigenvalue weighted by molar-refractivity contribution is 7.89. The Labute approximate surface area is 172 Å². The lowest BCUT2D eigenvalue weighted by molar-refractivity contribution is 0.394. The molecule has 0 fully saturated rings. The van der Waals surface area contributed by atoms with Crippen LogP contribution < -0.4 is 10.5 Å². The van der Waals surface area contributed by atoms with Crippen molar-refractivity contribution in [2.75, 3.05) is 19.9 Å². The van der Waals surface area contributed by atoms with Crippen LogP contribution in [0, 0.1) is 0 Å². The van der Waals surface area contributed by atoms with Crippen LogP contribution in [0.1, 0.15) is 27.8 Å². The molecule has 1 aliphatic carbocycles. The lowest BCUT2D eigenvalue weighted by atomic mass is 10.0. The van der Waals surface area contributed by atoms with Gasteiger partial charge in [-0.15, -0.1) is 11.3 Å². The molecule has 2 aromatic heterocycles. The molecule has 3 heterocycles. The highest BCUT2D eigenvalue weighted by Gasteiger charge is 2.42. The fourth-order valence-electron chi connectivity index (χ4n) is 3.52. The first-order valence-corrected chi connectivity index (χ1v) is 11.3. The molecule has 2 N–H and O–H groups in total. The SMILES string of the molecule is COc1nccc2c1CC(c1cc(Cl)c([C@]3(C)CS(=O)(=O)N(C)C(N)=N3)s1)=C2. The normalized spacial score (nSPS) is 23.2. The summed E-state index contributed by atoms with van der Waals surface area (Å²) in [5.41, 5.74) is 8.00. The maximum Gasteiger partial charge on any atom is 0.239 e. The number of sulfonamides is 1. The van der Waals surface area contributed by atoms with E-state index >= 15 is 0 Å². The second-order valence-corrected chi connectivity index (χ2v) is 10.4. The van der Waals surface area contributed by atoms with Crippen LogP contribution in [0.5, 0.6) is 5.88 Å². The van der Waals surface area contributed by atoms with Crippen LogP contribution in [-0.4, -0.2) is 43.6 Å². The summed E-state index contributed by atoms with van der Waals surface area (Å²) in [6, 6.07) is 3.80. The summed E-state index contributed by atoms with van der Waals surface area (Å²) in [6.45, 7) is 1.75. The van der Waals surface area contributed by atoms with E-state index in [1.54, 1.807) is 20.2 Å². The van der Waals surface area contributed by atoms with Crippen molar-refractivity contribution in [2.45, 2.75) is 18.9 Å². The van der Waals surface area contributed by atoms with Gasteiger partial charge < -0.3 is 10.5 Å². The minimum Gasteiger partial charge on any atom is -0.481 e. The Bertz CT molecular complexity index is 1140. The van der Waals surface area contributed by atoms with Gasteiger partial charge in [-0.1, -0.05) is 11.6 Å². The molecule has 0 saturated carbocycles. The molecule has 0 aromatic carbocycles. The summed E-state index contributed by atoms with van der Waals surface area (Å²) in [4.78, 5) is 10.3. The fourth-order valence-corrected chi connectivity index (χ4v) is 6.70. The van der Waals surface area contributed by atoms with E-state index in [2.05, 4.69) is 16.1 Å². The van der Waals surface area contributed by atoms with Crippen LogP contribution in [0.25, 0.3) is 11.6 Å². The molecule has 2 aromatic rings. The number of aliphatic imine (C=N–C) groups is 1. The number of thiophene rings is 1. The second-order valence-electron chi connectivity index (χ2n) is 6.99. The van der Waals surface area contributed by atoms with Gasteiger partial charge in [0, 0.05) is 30.1 Å². The van der Waals surface area contributed by atoms with E-state index in [4.69, 9.17) is 22.1 Å². The van der Waals surface area contributed by atoms with Crippen LogP contribution in [0.3, 0.4) is 0 Å². The molecule has 28 heavy (non-hydrogen) atoms. The number of nitrogens with two attached hydrogens (primary N) is 1. The first-order valence-electron chi connectivity index (χ1n) is 8.49. The van der Waals surface area contributed by atoms with E-state index < -0.39 is 15.6 Å². The summed E-state index contributed by atoms with van der Waals surface area (Å²) in [5, 5.41) is 0.487. The highest BCUT2D eigenvalue weighted by Crippen LogP contribution is 2.45. The van der Waals surface area contributed by atoms with Crippen molar-refractivity contribution in [3.63, 3.8) is 0 Å². The number of pyridine rings is 1. The van der Waals surface area contributed by atoms with Crippen molar-refractivity contribution in [2.24, 2.45) is 10.7 Å². The molecule has 0 unspecified atom stereocenters. The van der Waals surface area contributed by atoms with E-state index in [9.17, 15) is 8.42 Å². The monoisotopic (exact) mass is 438 g/mol. The number of halogens is 1. The standard InChI is InChI=1S/C18H19ClN4O3S2/c1-18(9-28(24,25)23(2)17(20)22-18)15-13(19)8-14(27-15)11-6-10-4-5-21-16(26-3)12(10)7-11/h4-6,8H,7,9H2,1-3H3,(H2,20,22)/t18-/m0/s1. The molecule has 148 valence electrons. The first kappa shape index (κ1) is 19.2. The summed E-state index contributed by atoms with van der Waals surface area (Å²) in [6.07, 6.45) is 4.47. The van der Waals surface area contributed by atoms with Crippen molar-refractivity contribution in [1.29, 1.82) is 0 Å². The third-order valence-corrected chi connectivity index (χ3v) is 8.82. The van der Waals surface area contributed by atoms with Crippen LogP contribution in [0.2, 0.25) is 5.02 Å². The van der Waals surface area contributed by atoms with Gasteiger partial charge in [-0.2, -0.15) is 0 Å². The van der Waals surface area contributed by atoms with Crippen molar-refractivity contribution < 1.29 is 13.2 Å². The van der Waals surface area contributed by atoms with Crippen LogP contribution in [0.15, 0.2) is 23.3 Å². The van der Waals surface area contributed by atoms with Crippen LogP contribution >= 0.6 is 22.9 Å². The Morgan fingerprint density at radius 3 is 2.86 bits per heavy atom. The molecule has 0 bridgehead atoms. The number of ether oxygens (including phenoxy) is 1. The van der Waals surface area contributed by atoms with E-state index in [0.29, 0.717) is 22.2 Å². The molecule has 0 amide bonds. The van der Waals surface area contributed by atoms with E-state index in [1.165, 1.54) is 18.4 Å². The third-order valence-electron chi connectivity index (χ3n) is 5.00. The van der Waals surface area contributed by atoms with Gasteiger partial charge in [0.15, 0.2) is 0 Å². The van der Waals surface area contributed by atoms with Gasteiger partial charge in [0.25, 0.3) is 0 Å². The van der Waals surface area contributed by atoms with E-state index in [-0.39, 0.29) is 11.7 Å². The quantitative estimate of drug-likeness (QED) is 0.794. The second kappa shape index (κ2) is 6.47. The Hall–Kier alpha value is -2.10. The summed E-state index contributed by atoms with van der Waals surface area (Å²) in [5.74, 6) is 0.383. The average molecular weight is 439 g/mol. The van der Waals surface area contributed by atoms with Gasteiger partial charge in [-0.25, -0.2) is 22.7 Å². The number of allylic oxidation sites excluding steroid dienone is 1. The van der Waals surface area contributed by atoms with Gasteiger partial charge >= 0.3 is 0 Å². The van der Waals surface area contributed by atoms with Gasteiger partial charge in [-0.3, -0.25) is 0 Å². The lowest BCUT2D eigenvalue weighted by Crippen LogP contribution is -2.50. The Morgan fingerprint density at radius 1 is 1.43 bits per heavy atom. The molecule has 4 rings (SSSR count). The smallest absolute Gasteiger partial charge is 0.239 e. The first-order chi connectivity index (χ1) is 13.1. The maximum absolute atomic E-state index is 12.5. The molecule has 1 aliphatic heterocycles. The highest BCUT2D eigenvalue weighted by atomic mass is 35.5. The zero-order chi connectivity index (χ0) is 20.3. The van der Waals surface area contributed by atoms with Crippen LogP contribution in [0.4, 0.5) is 0 Å². The summed E-state index contributed by atoms with van der Waals surface area (Å²) >= 11 is 7.96. The van der Waals surface area contributed by atoms with Gasteiger partial charge in [0.2, 0.25) is 21.9 Å². The Kier molecular flexibility index (Phi) is 4.44. The Balaban J connectivity index is 1.73. The van der Waals surface area contributed by atoms with Crippen molar-refractivity contribution >= 4 is 50.6 Å². The lowest BCUT2D eigenvalue weighted by Gasteiger charge is -2.33. The van der Waals surface area contributed by atoms with Gasteiger partial charge in [0.05, 0.1) is 22.8 Å². The number of methoxy groups -OCH3 is 1. The number of aromatic nitrogens is 1. The summed E-state index contributed by atoms with van der Waals surface area (Å²) in [7, 11) is -0.558. The number of hydrogen-bond acceptors (Lipinski definition) is 7. The largest absolute Gasteiger partial charge is 0.481 e. The Morgan fingerprint density at radius 2 is 2.18 bits per heavy atom. The van der Waals surface area contributed by atoms with Gasteiger partial charge in [-0.05, 0) is 36.3 Å². The fraction of sp³-hybridized carbons (Fsp3) is 0.333.